The maximum absolute atomic E-state index is 13.6. The van der Waals surface area contributed by atoms with Gasteiger partial charge in [-0.3, -0.25) is 24.5 Å². The number of nitrogens with zero attached hydrogens (tertiary/aromatic N) is 4. The van der Waals surface area contributed by atoms with Gasteiger partial charge in [0.05, 0.1) is 57.3 Å². The zero-order valence-electron chi connectivity index (χ0n) is 39.6. The van der Waals surface area contributed by atoms with E-state index in [0.29, 0.717) is 104 Å². The topological polar surface area (TPSA) is 208 Å². The number of fused-ring (bicyclic) bond motifs is 2. The molecule has 4 aromatic carbocycles. The molecule has 4 amide bonds. The van der Waals surface area contributed by atoms with Gasteiger partial charge in [0, 0.05) is 53.4 Å². The van der Waals surface area contributed by atoms with Crippen LogP contribution in [0, 0.1) is 17.7 Å². The van der Waals surface area contributed by atoms with E-state index in [-0.39, 0.29) is 68.8 Å². The second-order valence-corrected chi connectivity index (χ2v) is 17.5. The molecule has 2 aliphatic rings. The minimum Gasteiger partial charge on any atom is -0.493 e. The fourth-order valence-corrected chi connectivity index (χ4v) is 8.46. The molecular formula is C53H55ClFN7O10. The highest BCUT2D eigenvalue weighted by molar-refractivity contribution is 6.31. The molecule has 4 heterocycles. The molecule has 0 radical (unpaired) electrons. The summed E-state index contributed by atoms with van der Waals surface area (Å²) in [5.74, 6) is 4.69. The highest BCUT2D eigenvalue weighted by Crippen LogP contribution is 2.34. The third-order valence-corrected chi connectivity index (χ3v) is 12.2. The molecule has 19 heteroatoms. The summed E-state index contributed by atoms with van der Waals surface area (Å²) in [4.78, 5) is 58.1. The molecule has 72 heavy (non-hydrogen) atoms. The highest BCUT2D eigenvalue weighted by atomic mass is 35.5. The van der Waals surface area contributed by atoms with Crippen molar-refractivity contribution in [3.05, 3.63) is 129 Å². The number of H-pyrrole nitrogens is 1. The van der Waals surface area contributed by atoms with E-state index in [1.807, 2.05) is 36.4 Å². The zero-order chi connectivity index (χ0) is 50.2. The number of aromatic nitrogens is 4. The van der Waals surface area contributed by atoms with E-state index in [0.717, 1.165) is 40.6 Å². The van der Waals surface area contributed by atoms with Crippen molar-refractivity contribution in [3.63, 3.8) is 0 Å². The average Bonchev–Trinajstić information content (AvgIpc) is 4.05. The van der Waals surface area contributed by atoms with Crippen molar-refractivity contribution in [1.82, 2.24) is 35.3 Å². The lowest BCUT2D eigenvalue weighted by Crippen LogP contribution is -2.52. The van der Waals surface area contributed by atoms with Gasteiger partial charge in [-0.05, 0) is 97.3 Å². The summed E-state index contributed by atoms with van der Waals surface area (Å²) in [5, 5.41) is 21.9. The SMILES string of the molecule is O=C(COCCOCCOCCOCCCc1ccc(-c2nn(-c3nc4cc(Cl)ccc4[nH]3)c(O)c2CCc2ccc(F)cc2)cc1)NCCOCC#Cc1ccc2c(c1)CN(C1CCC(=O)NC1=O)C2=O. The van der Waals surface area contributed by atoms with Gasteiger partial charge in [0.1, 0.15) is 30.8 Å². The quantitative estimate of drug-likeness (QED) is 0.0312. The Morgan fingerprint density at radius 2 is 1.56 bits per heavy atom. The number of ether oxygens (including phenoxy) is 5. The monoisotopic (exact) mass is 1000 g/mol. The van der Waals surface area contributed by atoms with Crippen LogP contribution in [0.2, 0.25) is 5.02 Å². The van der Waals surface area contributed by atoms with Gasteiger partial charge < -0.3 is 44.0 Å². The van der Waals surface area contributed by atoms with Crippen LogP contribution in [0.3, 0.4) is 0 Å². The van der Waals surface area contributed by atoms with Crippen LogP contribution in [-0.2, 0) is 63.9 Å². The number of amides is 4. The molecule has 0 spiro atoms. The summed E-state index contributed by atoms with van der Waals surface area (Å²) in [6.07, 6.45) is 3.18. The number of aryl methyl sites for hydroxylation is 2. The Morgan fingerprint density at radius 1 is 0.833 bits per heavy atom. The maximum Gasteiger partial charge on any atom is 0.255 e. The van der Waals surface area contributed by atoms with Crippen molar-refractivity contribution in [2.75, 3.05) is 72.6 Å². The summed E-state index contributed by atoms with van der Waals surface area (Å²) < 4.78 is 42.8. The number of rotatable bonds is 25. The molecule has 1 fully saturated rings. The number of hydrogen-bond acceptors (Lipinski definition) is 12. The number of aromatic amines is 1. The molecule has 0 aliphatic carbocycles. The Bertz CT molecular complexity index is 2910. The number of hydrogen-bond donors (Lipinski definition) is 4. The molecule has 6 aromatic rings. The third kappa shape index (κ3) is 13.9. The number of carbonyl (C=O) groups excluding carboxylic acids is 4. The number of nitrogens with one attached hydrogen (secondary N) is 3. The molecule has 2 aliphatic heterocycles. The number of imide groups is 1. The highest BCUT2D eigenvalue weighted by Gasteiger charge is 2.39. The van der Waals surface area contributed by atoms with Gasteiger partial charge in [0.15, 0.2) is 0 Å². The number of piperidine rings is 1. The van der Waals surface area contributed by atoms with Crippen LogP contribution in [0.1, 0.15) is 57.4 Å². The van der Waals surface area contributed by atoms with E-state index >= 15 is 0 Å². The second kappa shape index (κ2) is 25.4. The standard InChI is InChI=1S/C53H55ClFN7O10/c54-40-13-18-44-45(32-40)58-53(57-44)62-52(67)43(17-9-36-7-14-41(55)15-8-36)49(60-62)38-11-5-35(6-12-38)3-1-23-69-25-26-70-27-28-71-29-30-72-34-48(64)56-21-24-68-22-2-4-37-10-16-42-39(31-37)33-61(51(42)66)46-19-20-47(63)59-50(46)65/h5-8,10-16,18,31-32,46,67H,1,3,9,17,19-30,33-34H2,(H,56,64)(H,57,58)(H,59,63,65). The van der Waals surface area contributed by atoms with Crippen LogP contribution in [0.15, 0.2) is 84.9 Å². The van der Waals surface area contributed by atoms with Gasteiger partial charge in [0.25, 0.3) is 5.91 Å². The Hall–Kier alpha value is -6.98. The van der Waals surface area contributed by atoms with Gasteiger partial charge in [-0.25, -0.2) is 9.37 Å². The first kappa shape index (κ1) is 51.4. The lowest BCUT2D eigenvalue weighted by atomic mass is 9.99. The lowest BCUT2D eigenvalue weighted by Gasteiger charge is -2.29. The lowest BCUT2D eigenvalue weighted by molar-refractivity contribution is -0.137. The Balaban J connectivity index is 0.639. The van der Waals surface area contributed by atoms with Crippen LogP contribution in [-0.4, -0.2) is 132 Å². The van der Waals surface area contributed by atoms with Crippen molar-refractivity contribution >= 4 is 46.3 Å². The van der Waals surface area contributed by atoms with Gasteiger partial charge in [-0.2, -0.15) is 9.78 Å². The molecule has 2 aromatic heterocycles. The van der Waals surface area contributed by atoms with Crippen LogP contribution in [0.25, 0.3) is 28.2 Å². The number of imidazole rings is 1. The number of benzene rings is 4. The molecule has 1 saturated heterocycles. The van der Waals surface area contributed by atoms with E-state index < -0.39 is 11.9 Å². The van der Waals surface area contributed by atoms with Crippen molar-refractivity contribution in [2.45, 2.75) is 51.1 Å². The fraction of sp³-hybridized carbons (Fsp3) is 0.358. The summed E-state index contributed by atoms with van der Waals surface area (Å²) in [6, 6.07) is 24.4. The van der Waals surface area contributed by atoms with E-state index in [9.17, 15) is 28.7 Å². The van der Waals surface area contributed by atoms with Crippen LogP contribution < -0.4 is 10.6 Å². The van der Waals surface area contributed by atoms with Crippen molar-refractivity contribution in [2.24, 2.45) is 0 Å². The van der Waals surface area contributed by atoms with E-state index in [1.165, 1.54) is 21.7 Å². The maximum atomic E-state index is 13.6. The summed E-state index contributed by atoms with van der Waals surface area (Å²) >= 11 is 6.19. The molecule has 4 N–H and O–H groups in total. The molecule has 1 unspecified atom stereocenters. The van der Waals surface area contributed by atoms with E-state index in [4.69, 9.17) is 40.4 Å². The third-order valence-electron chi connectivity index (χ3n) is 12.0. The van der Waals surface area contributed by atoms with Crippen molar-refractivity contribution in [1.29, 1.82) is 0 Å². The predicted molar refractivity (Wildman–Crippen MR) is 264 cm³/mol. The molecule has 0 bridgehead atoms. The van der Waals surface area contributed by atoms with Gasteiger partial charge >= 0.3 is 0 Å². The van der Waals surface area contributed by atoms with Crippen molar-refractivity contribution in [3.8, 4) is 34.9 Å². The summed E-state index contributed by atoms with van der Waals surface area (Å²) in [5.41, 5.74) is 7.61. The van der Waals surface area contributed by atoms with E-state index in [1.54, 1.807) is 36.4 Å². The Kier molecular flexibility index (Phi) is 18.1. The van der Waals surface area contributed by atoms with Gasteiger partial charge in [-0.1, -0.05) is 59.8 Å². The number of carbonyl (C=O) groups is 4. The largest absolute Gasteiger partial charge is 0.493 e. The first-order valence-electron chi connectivity index (χ1n) is 23.8. The number of halogens is 2. The molecule has 17 nitrogen and oxygen atoms in total. The average molecular weight is 1000 g/mol. The zero-order valence-corrected chi connectivity index (χ0v) is 40.3. The first-order valence-corrected chi connectivity index (χ1v) is 24.2. The van der Waals surface area contributed by atoms with Crippen LogP contribution >= 0.6 is 11.6 Å². The van der Waals surface area contributed by atoms with Crippen molar-refractivity contribution < 1.29 is 52.4 Å². The van der Waals surface area contributed by atoms with Crippen LogP contribution in [0.4, 0.5) is 4.39 Å². The Labute approximate surface area is 420 Å². The predicted octanol–water partition coefficient (Wildman–Crippen LogP) is 5.64. The summed E-state index contributed by atoms with van der Waals surface area (Å²) in [7, 11) is 0. The van der Waals surface area contributed by atoms with Crippen LogP contribution in [0.5, 0.6) is 5.88 Å². The minimum atomic E-state index is -0.667. The normalized spacial score (nSPS) is 14.4. The summed E-state index contributed by atoms with van der Waals surface area (Å²) in [6.45, 7) is 3.69. The fourth-order valence-electron chi connectivity index (χ4n) is 8.30. The Morgan fingerprint density at radius 3 is 2.32 bits per heavy atom. The number of aromatic hydroxyl groups is 1. The second-order valence-electron chi connectivity index (χ2n) is 17.1. The molecular weight excluding hydrogens is 949 g/mol. The van der Waals surface area contributed by atoms with Gasteiger partial charge in [0.2, 0.25) is 29.5 Å². The molecule has 0 saturated carbocycles. The minimum absolute atomic E-state index is 0.0265. The molecule has 1 atom stereocenters. The molecule has 8 rings (SSSR count). The molecule has 376 valence electrons. The van der Waals surface area contributed by atoms with Gasteiger partial charge in [-0.15, -0.1) is 0 Å². The smallest absolute Gasteiger partial charge is 0.255 e. The van der Waals surface area contributed by atoms with E-state index in [2.05, 4.69) is 32.4 Å². The first-order chi connectivity index (χ1) is 35.1.